The number of carbonyl (C=O) groups excluding carboxylic acids is 1. The van der Waals surface area contributed by atoms with E-state index < -0.39 is 0 Å². The first-order chi connectivity index (χ1) is 13.0. The summed E-state index contributed by atoms with van der Waals surface area (Å²) in [6.07, 6.45) is 0.951. The molecule has 2 aromatic heterocycles. The van der Waals surface area contributed by atoms with E-state index in [2.05, 4.69) is 42.3 Å². The maximum atomic E-state index is 13.0. The molecule has 1 aliphatic heterocycles. The molecule has 0 radical (unpaired) electrons. The third-order valence-corrected chi connectivity index (χ3v) is 6.50. The van der Waals surface area contributed by atoms with Gasteiger partial charge < -0.3 is 5.32 Å². The van der Waals surface area contributed by atoms with Gasteiger partial charge in [-0.2, -0.15) is 5.10 Å². The predicted octanol–water partition coefficient (Wildman–Crippen LogP) is 3.81. The van der Waals surface area contributed by atoms with Gasteiger partial charge in [0, 0.05) is 18.1 Å². The molecule has 6 heteroatoms. The van der Waals surface area contributed by atoms with Gasteiger partial charge in [-0.05, 0) is 57.0 Å². The Morgan fingerprint density at radius 3 is 2.63 bits per heavy atom. The van der Waals surface area contributed by atoms with Crippen molar-refractivity contribution in [3.8, 4) is 16.3 Å². The Morgan fingerprint density at radius 2 is 2.00 bits per heavy atom. The highest BCUT2D eigenvalue weighted by atomic mass is 32.1. The SMILES string of the molecule is CN1CCC(NC(=O)c2cc(-c3cccs3)n(-c3ccccc3)n2)C1(C)C. The number of hydrogen-bond donors (Lipinski definition) is 1. The molecule has 27 heavy (non-hydrogen) atoms. The van der Waals surface area contributed by atoms with E-state index in [9.17, 15) is 4.79 Å². The number of para-hydroxylation sites is 1. The van der Waals surface area contributed by atoms with Gasteiger partial charge in [0.1, 0.15) is 0 Å². The molecular weight excluding hydrogens is 356 g/mol. The van der Waals surface area contributed by atoms with Crippen molar-refractivity contribution in [1.82, 2.24) is 20.0 Å². The third kappa shape index (κ3) is 3.31. The minimum Gasteiger partial charge on any atom is -0.346 e. The van der Waals surface area contributed by atoms with Crippen molar-refractivity contribution in [1.29, 1.82) is 0 Å². The van der Waals surface area contributed by atoms with Crippen LogP contribution in [0.3, 0.4) is 0 Å². The lowest BCUT2D eigenvalue weighted by Gasteiger charge is -2.33. The molecule has 140 valence electrons. The van der Waals surface area contributed by atoms with Crippen LogP contribution in [0, 0.1) is 0 Å². The first-order valence-corrected chi connectivity index (χ1v) is 10.1. The van der Waals surface area contributed by atoms with Gasteiger partial charge in [0.05, 0.1) is 16.3 Å². The van der Waals surface area contributed by atoms with Crippen LogP contribution in [0.5, 0.6) is 0 Å². The second-order valence-electron chi connectivity index (χ2n) is 7.53. The van der Waals surface area contributed by atoms with Crippen LogP contribution in [-0.2, 0) is 0 Å². The standard InChI is InChI=1S/C21H24N4OS/c1-21(2)19(11-12-24(21)3)22-20(26)16-14-17(18-10-7-13-27-18)25(23-16)15-8-5-4-6-9-15/h4-10,13-14,19H,11-12H2,1-3H3,(H,22,26). The summed E-state index contributed by atoms with van der Waals surface area (Å²) in [7, 11) is 2.10. The van der Waals surface area contributed by atoms with Crippen LogP contribution < -0.4 is 5.32 Å². The Hall–Kier alpha value is -2.44. The molecular formula is C21H24N4OS. The number of aromatic nitrogens is 2. The van der Waals surface area contributed by atoms with Crippen molar-refractivity contribution in [3.05, 3.63) is 59.6 Å². The number of carbonyl (C=O) groups is 1. The molecule has 1 unspecified atom stereocenters. The minimum absolute atomic E-state index is 0.0613. The molecule has 1 saturated heterocycles. The topological polar surface area (TPSA) is 50.2 Å². The quantitative estimate of drug-likeness (QED) is 0.749. The van der Waals surface area contributed by atoms with Crippen molar-refractivity contribution in [2.75, 3.05) is 13.6 Å². The predicted molar refractivity (Wildman–Crippen MR) is 109 cm³/mol. The lowest BCUT2D eigenvalue weighted by atomic mass is 9.96. The highest BCUT2D eigenvalue weighted by Crippen LogP contribution is 2.29. The smallest absolute Gasteiger partial charge is 0.272 e. The molecule has 1 aliphatic rings. The van der Waals surface area contributed by atoms with E-state index in [1.165, 1.54) is 0 Å². The molecule has 5 nitrogen and oxygen atoms in total. The molecule has 0 aliphatic carbocycles. The summed E-state index contributed by atoms with van der Waals surface area (Å²) in [4.78, 5) is 16.3. The number of benzene rings is 1. The Morgan fingerprint density at radius 1 is 1.22 bits per heavy atom. The summed E-state index contributed by atoms with van der Waals surface area (Å²) in [5.74, 6) is -0.115. The Kier molecular flexibility index (Phi) is 4.61. The average Bonchev–Trinajstić information content (AvgIpc) is 3.38. The molecule has 3 aromatic rings. The van der Waals surface area contributed by atoms with Crippen LogP contribution in [0.1, 0.15) is 30.8 Å². The van der Waals surface area contributed by atoms with Gasteiger partial charge in [0.25, 0.3) is 5.91 Å². The van der Waals surface area contributed by atoms with Crippen LogP contribution in [0.25, 0.3) is 16.3 Å². The number of thiophene rings is 1. The molecule has 0 spiro atoms. The van der Waals surface area contributed by atoms with E-state index in [0.717, 1.165) is 29.2 Å². The fraction of sp³-hybridized carbons (Fsp3) is 0.333. The summed E-state index contributed by atoms with van der Waals surface area (Å²) in [6.45, 7) is 5.33. The van der Waals surface area contributed by atoms with Crippen molar-refractivity contribution >= 4 is 17.2 Å². The van der Waals surface area contributed by atoms with Crippen molar-refractivity contribution in [2.45, 2.75) is 31.8 Å². The number of nitrogens with zero attached hydrogens (tertiary/aromatic N) is 3. The monoisotopic (exact) mass is 380 g/mol. The number of amides is 1. The highest BCUT2D eigenvalue weighted by molar-refractivity contribution is 7.13. The molecule has 1 amide bonds. The van der Waals surface area contributed by atoms with Crippen molar-refractivity contribution < 1.29 is 4.79 Å². The van der Waals surface area contributed by atoms with E-state index >= 15 is 0 Å². The molecule has 0 saturated carbocycles. The maximum Gasteiger partial charge on any atom is 0.272 e. The van der Waals surface area contributed by atoms with Gasteiger partial charge in [-0.3, -0.25) is 9.69 Å². The van der Waals surface area contributed by atoms with Crippen LogP contribution in [0.2, 0.25) is 0 Å². The molecule has 0 bridgehead atoms. The summed E-state index contributed by atoms with van der Waals surface area (Å²) in [5.41, 5.74) is 2.27. The van der Waals surface area contributed by atoms with Crippen LogP contribution in [0.4, 0.5) is 0 Å². The fourth-order valence-corrected chi connectivity index (χ4v) is 4.30. The number of rotatable bonds is 4. The van der Waals surface area contributed by atoms with Gasteiger partial charge in [-0.25, -0.2) is 4.68 Å². The lowest BCUT2D eigenvalue weighted by Crippen LogP contribution is -2.51. The van der Waals surface area contributed by atoms with Crippen molar-refractivity contribution in [3.63, 3.8) is 0 Å². The van der Waals surface area contributed by atoms with E-state index in [0.29, 0.717) is 5.69 Å². The van der Waals surface area contributed by atoms with Crippen LogP contribution >= 0.6 is 11.3 Å². The zero-order valence-electron chi connectivity index (χ0n) is 15.8. The van der Waals surface area contributed by atoms with Crippen molar-refractivity contribution in [2.24, 2.45) is 0 Å². The molecule has 1 N–H and O–H groups in total. The fourth-order valence-electron chi connectivity index (χ4n) is 3.57. The lowest BCUT2D eigenvalue weighted by molar-refractivity contribution is 0.0896. The minimum atomic E-state index is -0.115. The normalized spacial score (nSPS) is 19.3. The molecule has 1 aromatic carbocycles. The van der Waals surface area contributed by atoms with Gasteiger partial charge in [-0.15, -0.1) is 11.3 Å². The number of likely N-dealkylation sites (tertiary alicyclic amines) is 1. The zero-order valence-corrected chi connectivity index (χ0v) is 16.7. The Bertz CT molecular complexity index is 931. The van der Waals surface area contributed by atoms with Gasteiger partial charge in [-0.1, -0.05) is 24.3 Å². The molecule has 1 fully saturated rings. The summed E-state index contributed by atoms with van der Waals surface area (Å²) in [5, 5.41) is 9.88. The summed E-state index contributed by atoms with van der Waals surface area (Å²) < 4.78 is 1.85. The number of nitrogens with one attached hydrogen (secondary N) is 1. The van der Waals surface area contributed by atoms with E-state index in [1.54, 1.807) is 11.3 Å². The van der Waals surface area contributed by atoms with Crippen LogP contribution in [0.15, 0.2) is 53.9 Å². The Labute approximate surface area is 163 Å². The van der Waals surface area contributed by atoms with Gasteiger partial charge in [0.2, 0.25) is 0 Å². The van der Waals surface area contributed by atoms with E-state index in [-0.39, 0.29) is 17.5 Å². The highest BCUT2D eigenvalue weighted by Gasteiger charge is 2.40. The summed E-state index contributed by atoms with van der Waals surface area (Å²) >= 11 is 1.64. The summed E-state index contributed by atoms with van der Waals surface area (Å²) in [6, 6.07) is 16.0. The first kappa shape index (κ1) is 17.9. The molecule has 1 atom stereocenters. The second-order valence-corrected chi connectivity index (χ2v) is 8.48. The van der Waals surface area contributed by atoms with E-state index in [1.807, 2.05) is 52.5 Å². The molecule has 3 heterocycles. The van der Waals surface area contributed by atoms with E-state index in [4.69, 9.17) is 0 Å². The zero-order chi connectivity index (χ0) is 19.0. The third-order valence-electron chi connectivity index (χ3n) is 5.61. The van der Waals surface area contributed by atoms with Crippen LogP contribution in [-0.4, -0.2) is 45.8 Å². The number of likely N-dealkylation sites (N-methyl/N-ethyl adjacent to an activating group) is 1. The largest absolute Gasteiger partial charge is 0.346 e. The molecule has 4 rings (SSSR count). The van der Waals surface area contributed by atoms with Gasteiger partial charge >= 0.3 is 0 Å². The maximum absolute atomic E-state index is 13.0. The second kappa shape index (κ2) is 6.94. The van der Waals surface area contributed by atoms with Gasteiger partial charge in [0.15, 0.2) is 5.69 Å². The Balaban J connectivity index is 1.67. The average molecular weight is 381 g/mol. The first-order valence-electron chi connectivity index (χ1n) is 9.18. The number of hydrogen-bond acceptors (Lipinski definition) is 4.